The topological polar surface area (TPSA) is 55.1 Å². The molecule has 27 heavy (non-hydrogen) atoms. The van der Waals surface area contributed by atoms with E-state index in [2.05, 4.69) is 4.98 Å². The molecule has 4 nitrogen and oxygen atoms in total. The number of aromatic nitrogens is 2. The van der Waals surface area contributed by atoms with E-state index in [4.69, 9.17) is 0 Å². The van der Waals surface area contributed by atoms with Crippen molar-refractivity contribution in [1.82, 2.24) is 9.55 Å². The van der Waals surface area contributed by atoms with Gasteiger partial charge in [0.15, 0.2) is 0 Å². The Morgan fingerprint density at radius 2 is 1.59 bits per heavy atom. The summed E-state index contributed by atoms with van der Waals surface area (Å²) in [4.78, 5) is 17.8. The van der Waals surface area contributed by atoms with Gasteiger partial charge in [-0.1, -0.05) is 60.2 Å². The molecule has 0 atom stereocenters. The predicted molar refractivity (Wildman–Crippen MR) is 109 cm³/mol. The maximum atomic E-state index is 13.1. The molecule has 4 aromatic rings. The quantitative estimate of drug-likeness (QED) is 0.586. The molecule has 0 aliphatic rings. The Hall–Kier alpha value is -3.66. The van der Waals surface area contributed by atoms with Crippen molar-refractivity contribution in [3.63, 3.8) is 0 Å². The first-order valence-electron chi connectivity index (χ1n) is 8.68. The summed E-state index contributed by atoms with van der Waals surface area (Å²) < 4.78 is 1.45. The SMILES string of the molecule is Cc1ccc(/C=C/c2nc3ccccc3c(=O)n2-c2ccccc2O)cc1. The monoisotopic (exact) mass is 354 g/mol. The highest BCUT2D eigenvalue weighted by Crippen LogP contribution is 2.22. The normalized spacial score (nSPS) is 11.3. The van der Waals surface area contributed by atoms with E-state index in [1.54, 1.807) is 36.4 Å². The summed E-state index contributed by atoms with van der Waals surface area (Å²) in [5, 5.41) is 10.8. The molecule has 1 N–H and O–H groups in total. The number of hydrogen-bond acceptors (Lipinski definition) is 3. The summed E-state index contributed by atoms with van der Waals surface area (Å²) in [7, 11) is 0. The van der Waals surface area contributed by atoms with Crippen LogP contribution in [0.1, 0.15) is 17.0 Å². The van der Waals surface area contributed by atoms with Gasteiger partial charge >= 0.3 is 0 Å². The number of aromatic hydroxyl groups is 1. The van der Waals surface area contributed by atoms with Gasteiger partial charge in [0.25, 0.3) is 5.56 Å². The molecule has 3 aromatic carbocycles. The first-order chi connectivity index (χ1) is 13.1. The van der Waals surface area contributed by atoms with Crippen molar-refractivity contribution >= 4 is 23.1 Å². The van der Waals surface area contributed by atoms with Gasteiger partial charge in [-0.15, -0.1) is 0 Å². The van der Waals surface area contributed by atoms with Gasteiger partial charge in [0, 0.05) is 0 Å². The van der Waals surface area contributed by atoms with Crippen LogP contribution < -0.4 is 5.56 Å². The molecule has 0 unspecified atom stereocenters. The number of fused-ring (bicyclic) bond motifs is 1. The third-order valence-corrected chi connectivity index (χ3v) is 4.43. The molecule has 132 valence electrons. The first kappa shape index (κ1) is 16.8. The number of rotatable bonds is 3. The summed E-state index contributed by atoms with van der Waals surface area (Å²) in [6, 6.07) is 22.1. The molecule has 0 saturated carbocycles. The lowest BCUT2D eigenvalue weighted by Crippen LogP contribution is -2.22. The molecule has 1 aromatic heterocycles. The summed E-state index contributed by atoms with van der Waals surface area (Å²) in [6.45, 7) is 2.04. The second-order valence-corrected chi connectivity index (χ2v) is 6.36. The van der Waals surface area contributed by atoms with E-state index in [0.717, 1.165) is 5.56 Å². The van der Waals surface area contributed by atoms with Crippen LogP contribution in [0.4, 0.5) is 0 Å². The Bertz CT molecular complexity index is 1210. The second-order valence-electron chi connectivity index (χ2n) is 6.36. The zero-order valence-corrected chi connectivity index (χ0v) is 14.8. The molecule has 0 bridgehead atoms. The van der Waals surface area contributed by atoms with Crippen molar-refractivity contribution in [3.8, 4) is 11.4 Å². The van der Waals surface area contributed by atoms with Gasteiger partial charge in [0.2, 0.25) is 0 Å². The van der Waals surface area contributed by atoms with Crippen molar-refractivity contribution in [2.24, 2.45) is 0 Å². The minimum absolute atomic E-state index is 0.0293. The number of benzene rings is 3. The maximum Gasteiger partial charge on any atom is 0.266 e. The number of para-hydroxylation sites is 3. The third kappa shape index (κ3) is 3.25. The zero-order valence-electron chi connectivity index (χ0n) is 14.8. The molecule has 4 heteroatoms. The fraction of sp³-hybridized carbons (Fsp3) is 0.0435. The second kappa shape index (κ2) is 6.92. The molecule has 0 radical (unpaired) electrons. The van der Waals surface area contributed by atoms with Gasteiger partial charge in [0.1, 0.15) is 11.6 Å². The molecule has 1 heterocycles. The van der Waals surface area contributed by atoms with Crippen LogP contribution in [-0.2, 0) is 0 Å². The number of phenolic OH excluding ortho intramolecular Hbond substituents is 1. The van der Waals surface area contributed by atoms with Crippen LogP contribution in [0.2, 0.25) is 0 Å². The first-order valence-corrected chi connectivity index (χ1v) is 8.68. The van der Waals surface area contributed by atoms with Crippen molar-refractivity contribution in [2.75, 3.05) is 0 Å². The molecule has 0 saturated heterocycles. The van der Waals surface area contributed by atoms with Crippen molar-refractivity contribution in [3.05, 3.63) is 100 Å². The predicted octanol–water partition coefficient (Wildman–Crippen LogP) is 4.57. The molecule has 0 aliphatic heterocycles. The number of phenols is 1. The van der Waals surface area contributed by atoms with Crippen LogP contribution in [-0.4, -0.2) is 14.7 Å². The number of nitrogens with zero attached hydrogens (tertiary/aromatic N) is 2. The largest absolute Gasteiger partial charge is 0.506 e. The fourth-order valence-electron chi connectivity index (χ4n) is 3.00. The van der Waals surface area contributed by atoms with E-state index in [0.29, 0.717) is 22.4 Å². The number of hydrogen-bond donors (Lipinski definition) is 1. The maximum absolute atomic E-state index is 13.1. The van der Waals surface area contributed by atoms with Gasteiger partial charge in [-0.3, -0.25) is 9.36 Å². The van der Waals surface area contributed by atoms with E-state index >= 15 is 0 Å². The lowest BCUT2D eigenvalue weighted by atomic mass is 10.1. The smallest absolute Gasteiger partial charge is 0.266 e. The Morgan fingerprint density at radius 1 is 0.889 bits per heavy atom. The molecule has 0 aliphatic carbocycles. The Balaban J connectivity index is 1.95. The highest BCUT2D eigenvalue weighted by Gasteiger charge is 2.13. The van der Waals surface area contributed by atoms with Crippen LogP contribution in [0, 0.1) is 6.92 Å². The van der Waals surface area contributed by atoms with Crippen LogP contribution in [0.25, 0.3) is 28.7 Å². The molecular weight excluding hydrogens is 336 g/mol. The van der Waals surface area contributed by atoms with E-state index in [-0.39, 0.29) is 11.3 Å². The molecule has 0 amide bonds. The van der Waals surface area contributed by atoms with Crippen LogP contribution >= 0.6 is 0 Å². The summed E-state index contributed by atoms with van der Waals surface area (Å²) in [5.74, 6) is 0.488. The van der Waals surface area contributed by atoms with Crippen molar-refractivity contribution in [1.29, 1.82) is 0 Å². The molecule has 0 fully saturated rings. The minimum Gasteiger partial charge on any atom is -0.506 e. The lowest BCUT2D eigenvalue weighted by Gasteiger charge is -2.12. The molecule has 4 rings (SSSR count). The number of aryl methyl sites for hydroxylation is 1. The average Bonchev–Trinajstić information content (AvgIpc) is 2.69. The Labute approximate surface area is 156 Å². The third-order valence-electron chi connectivity index (χ3n) is 4.43. The summed E-state index contributed by atoms with van der Waals surface area (Å²) in [6.07, 6.45) is 3.71. The zero-order chi connectivity index (χ0) is 18.8. The highest BCUT2D eigenvalue weighted by atomic mass is 16.3. The van der Waals surface area contributed by atoms with Crippen LogP contribution in [0.15, 0.2) is 77.6 Å². The highest BCUT2D eigenvalue weighted by molar-refractivity contribution is 5.80. The van der Waals surface area contributed by atoms with Crippen LogP contribution in [0.3, 0.4) is 0 Å². The lowest BCUT2D eigenvalue weighted by molar-refractivity contribution is 0.471. The van der Waals surface area contributed by atoms with E-state index in [9.17, 15) is 9.90 Å². The Morgan fingerprint density at radius 3 is 2.37 bits per heavy atom. The van der Waals surface area contributed by atoms with Gasteiger partial charge < -0.3 is 5.11 Å². The van der Waals surface area contributed by atoms with Crippen molar-refractivity contribution in [2.45, 2.75) is 6.92 Å². The van der Waals surface area contributed by atoms with E-state index < -0.39 is 0 Å². The van der Waals surface area contributed by atoms with Gasteiger partial charge in [-0.25, -0.2) is 4.98 Å². The van der Waals surface area contributed by atoms with E-state index in [1.165, 1.54) is 10.1 Å². The minimum atomic E-state index is -0.217. The summed E-state index contributed by atoms with van der Waals surface area (Å²) in [5.41, 5.74) is 3.00. The molecule has 0 spiro atoms. The van der Waals surface area contributed by atoms with Crippen LogP contribution in [0.5, 0.6) is 5.75 Å². The Kier molecular flexibility index (Phi) is 4.30. The van der Waals surface area contributed by atoms with Gasteiger partial charge in [0.05, 0.1) is 16.6 Å². The van der Waals surface area contributed by atoms with Gasteiger partial charge in [-0.05, 0) is 42.8 Å². The average molecular weight is 354 g/mol. The standard InChI is InChI=1S/C23H18N2O2/c1-16-10-12-17(13-11-16)14-15-22-24-19-7-3-2-6-18(19)23(27)25(22)20-8-4-5-9-21(20)26/h2-15,26H,1H3/b15-14+. The van der Waals surface area contributed by atoms with Gasteiger partial charge in [-0.2, -0.15) is 0 Å². The molecular formula is C23H18N2O2. The van der Waals surface area contributed by atoms with Crippen molar-refractivity contribution < 1.29 is 5.11 Å². The fourth-order valence-corrected chi connectivity index (χ4v) is 3.00. The summed E-state index contributed by atoms with van der Waals surface area (Å²) >= 11 is 0. The van der Waals surface area contributed by atoms with E-state index in [1.807, 2.05) is 55.5 Å².